The topological polar surface area (TPSA) is 92.3 Å². The highest BCUT2D eigenvalue weighted by molar-refractivity contribution is 14.0. The maximum atomic E-state index is 11.6. The van der Waals surface area contributed by atoms with E-state index in [1.54, 1.807) is 14.2 Å². The van der Waals surface area contributed by atoms with Crippen LogP contribution in [0.2, 0.25) is 0 Å². The Morgan fingerprint density at radius 2 is 2.00 bits per heavy atom. The Balaban J connectivity index is 0.00000364. The van der Waals surface area contributed by atoms with Gasteiger partial charge in [-0.05, 0) is 31.4 Å². The number of aliphatic imine (C=N–C) groups is 1. The second kappa shape index (κ2) is 10.9. The van der Waals surface area contributed by atoms with Gasteiger partial charge in [-0.3, -0.25) is 4.99 Å². The lowest BCUT2D eigenvalue weighted by Crippen LogP contribution is -2.31. The fourth-order valence-electron chi connectivity index (χ4n) is 2.83. The first kappa shape index (κ1) is 23.8. The van der Waals surface area contributed by atoms with Crippen LogP contribution in [0, 0.1) is 5.92 Å². The number of nitrogens with zero attached hydrogens (tertiary/aromatic N) is 2. The fourth-order valence-corrected chi connectivity index (χ4v) is 3.74. The molecule has 2 N–H and O–H groups in total. The van der Waals surface area contributed by atoms with Gasteiger partial charge in [-0.15, -0.1) is 24.0 Å². The van der Waals surface area contributed by atoms with Crippen molar-refractivity contribution in [2.24, 2.45) is 10.9 Å². The summed E-state index contributed by atoms with van der Waals surface area (Å²) in [6.07, 6.45) is 2.08. The molecule has 10 heteroatoms. The zero-order valence-electron chi connectivity index (χ0n) is 16.2. The fraction of sp³-hybridized carbons (Fsp3) is 0.588. The van der Waals surface area contributed by atoms with Gasteiger partial charge < -0.3 is 20.1 Å². The van der Waals surface area contributed by atoms with Crippen molar-refractivity contribution >= 4 is 45.6 Å². The van der Waals surface area contributed by atoms with Crippen molar-refractivity contribution in [3.05, 3.63) is 18.2 Å². The predicted molar refractivity (Wildman–Crippen MR) is 119 cm³/mol. The van der Waals surface area contributed by atoms with E-state index in [1.165, 1.54) is 10.6 Å². The van der Waals surface area contributed by atoms with Crippen LogP contribution in [0.4, 0.5) is 5.69 Å². The number of sulfonamides is 1. The molecule has 0 aliphatic carbocycles. The summed E-state index contributed by atoms with van der Waals surface area (Å²) in [5.41, 5.74) is 0.825. The molecule has 1 fully saturated rings. The van der Waals surface area contributed by atoms with Crippen molar-refractivity contribution in [3.63, 3.8) is 0 Å². The molecule has 1 aromatic carbocycles. The summed E-state index contributed by atoms with van der Waals surface area (Å²) in [6.45, 7) is 4.37. The van der Waals surface area contributed by atoms with Crippen LogP contribution in [0.25, 0.3) is 0 Å². The van der Waals surface area contributed by atoms with E-state index in [2.05, 4.69) is 15.6 Å². The zero-order chi connectivity index (χ0) is 19.2. The summed E-state index contributed by atoms with van der Waals surface area (Å²) in [6, 6.07) is 5.55. The van der Waals surface area contributed by atoms with Crippen LogP contribution in [0.3, 0.4) is 0 Å². The monoisotopic (exact) mass is 512 g/mol. The van der Waals surface area contributed by atoms with E-state index >= 15 is 0 Å². The van der Waals surface area contributed by atoms with E-state index in [0.717, 1.165) is 18.7 Å². The molecule has 1 unspecified atom stereocenters. The second-order valence-electron chi connectivity index (χ2n) is 6.19. The number of anilines is 1. The molecule has 27 heavy (non-hydrogen) atoms. The highest BCUT2D eigenvalue weighted by Crippen LogP contribution is 2.29. The molecule has 1 aliphatic rings. The molecule has 0 radical (unpaired) electrons. The maximum Gasteiger partial charge on any atom is 0.211 e. The third-order valence-electron chi connectivity index (χ3n) is 4.22. The number of methoxy groups -OCH3 is 2. The van der Waals surface area contributed by atoms with E-state index in [1.807, 2.05) is 25.1 Å². The van der Waals surface area contributed by atoms with Gasteiger partial charge in [0.2, 0.25) is 10.0 Å². The van der Waals surface area contributed by atoms with Gasteiger partial charge in [-0.2, -0.15) is 0 Å². The van der Waals surface area contributed by atoms with Gasteiger partial charge in [-0.1, -0.05) is 0 Å². The number of guanidine groups is 1. The van der Waals surface area contributed by atoms with Gasteiger partial charge in [0.15, 0.2) is 17.5 Å². The SMILES string of the molecule is CCNC(=NCC1CCN(S(C)(=O)=O)C1)Nc1ccc(OC)c(OC)c1.I. The zero-order valence-corrected chi connectivity index (χ0v) is 19.3. The quantitative estimate of drug-likeness (QED) is 0.330. The standard InChI is InChI=1S/C17H28N4O4S.HI/c1-5-18-17(19-11-13-8-9-21(12-13)26(4,22)23)20-14-6-7-15(24-2)16(10-14)25-3;/h6-7,10,13H,5,8-9,11-12H2,1-4H3,(H2,18,19,20);1H. The minimum absolute atomic E-state index is 0. The van der Waals surface area contributed by atoms with Gasteiger partial charge >= 0.3 is 0 Å². The Labute approximate surface area is 178 Å². The van der Waals surface area contributed by atoms with Crippen molar-refractivity contribution in [1.29, 1.82) is 0 Å². The normalized spacial score (nSPS) is 17.9. The molecule has 1 heterocycles. The van der Waals surface area contributed by atoms with E-state index in [-0.39, 0.29) is 29.9 Å². The molecule has 0 bridgehead atoms. The van der Waals surface area contributed by atoms with E-state index < -0.39 is 10.0 Å². The summed E-state index contributed by atoms with van der Waals surface area (Å²) in [7, 11) is 0.0677. The maximum absolute atomic E-state index is 11.6. The number of ether oxygens (including phenoxy) is 2. The van der Waals surface area contributed by atoms with E-state index in [0.29, 0.717) is 37.1 Å². The lowest BCUT2D eigenvalue weighted by atomic mass is 10.1. The van der Waals surface area contributed by atoms with Gasteiger partial charge in [-0.25, -0.2) is 12.7 Å². The van der Waals surface area contributed by atoms with Crippen LogP contribution in [-0.2, 0) is 10.0 Å². The Morgan fingerprint density at radius 3 is 2.56 bits per heavy atom. The number of rotatable bonds is 7. The first-order chi connectivity index (χ1) is 12.4. The van der Waals surface area contributed by atoms with Gasteiger partial charge in [0.05, 0.1) is 20.5 Å². The van der Waals surface area contributed by atoms with Crippen LogP contribution in [0.5, 0.6) is 11.5 Å². The van der Waals surface area contributed by atoms with Crippen molar-refractivity contribution in [2.45, 2.75) is 13.3 Å². The molecular weight excluding hydrogens is 483 g/mol. The molecule has 2 rings (SSSR count). The van der Waals surface area contributed by atoms with Gasteiger partial charge in [0, 0.05) is 37.9 Å². The predicted octanol–water partition coefficient (Wildman–Crippen LogP) is 1.98. The molecule has 1 aliphatic heterocycles. The first-order valence-corrected chi connectivity index (χ1v) is 10.4. The highest BCUT2D eigenvalue weighted by atomic mass is 127. The van der Waals surface area contributed by atoms with Crippen LogP contribution in [0.1, 0.15) is 13.3 Å². The number of nitrogens with one attached hydrogen (secondary N) is 2. The summed E-state index contributed by atoms with van der Waals surface area (Å²) in [4.78, 5) is 4.61. The van der Waals surface area contributed by atoms with Gasteiger partial charge in [0.1, 0.15) is 0 Å². The average molecular weight is 512 g/mol. The average Bonchev–Trinajstić information content (AvgIpc) is 3.09. The molecule has 1 atom stereocenters. The minimum atomic E-state index is -3.12. The number of hydrogen-bond donors (Lipinski definition) is 2. The van der Waals surface area contributed by atoms with E-state index in [4.69, 9.17) is 9.47 Å². The van der Waals surface area contributed by atoms with Crippen molar-refractivity contribution in [2.75, 3.05) is 52.0 Å². The van der Waals surface area contributed by atoms with Crippen molar-refractivity contribution < 1.29 is 17.9 Å². The summed E-state index contributed by atoms with van der Waals surface area (Å²) in [5.74, 6) is 2.17. The Hall–Kier alpha value is -1.27. The van der Waals surface area contributed by atoms with Crippen molar-refractivity contribution in [3.8, 4) is 11.5 Å². The lowest BCUT2D eigenvalue weighted by Gasteiger charge is -2.15. The second-order valence-corrected chi connectivity index (χ2v) is 8.17. The largest absolute Gasteiger partial charge is 0.493 e. The molecular formula is C17H29IN4O4S. The third kappa shape index (κ3) is 7.00. The lowest BCUT2D eigenvalue weighted by molar-refractivity contribution is 0.355. The van der Waals surface area contributed by atoms with Crippen LogP contribution < -0.4 is 20.1 Å². The highest BCUT2D eigenvalue weighted by Gasteiger charge is 2.28. The number of benzene rings is 1. The molecule has 0 spiro atoms. The van der Waals surface area contributed by atoms with Crippen LogP contribution in [-0.4, -0.2) is 65.3 Å². The van der Waals surface area contributed by atoms with E-state index in [9.17, 15) is 8.42 Å². The molecule has 0 saturated carbocycles. The Bertz CT molecular complexity index is 742. The summed E-state index contributed by atoms with van der Waals surface area (Å²) >= 11 is 0. The Kier molecular flexibility index (Phi) is 9.60. The van der Waals surface area contributed by atoms with Crippen LogP contribution >= 0.6 is 24.0 Å². The summed E-state index contributed by atoms with van der Waals surface area (Å²) < 4.78 is 35.3. The molecule has 0 amide bonds. The number of hydrogen-bond acceptors (Lipinski definition) is 5. The summed E-state index contributed by atoms with van der Waals surface area (Å²) in [5, 5.41) is 6.44. The molecule has 1 saturated heterocycles. The molecule has 8 nitrogen and oxygen atoms in total. The van der Waals surface area contributed by atoms with Crippen molar-refractivity contribution in [1.82, 2.24) is 9.62 Å². The smallest absolute Gasteiger partial charge is 0.211 e. The molecule has 1 aromatic rings. The van der Waals surface area contributed by atoms with Gasteiger partial charge in [0.25, 0.3) is 0 Å². The Morgan fingerprint density at radius 1 is 1.30 bits per heavy atom. The molecule has 154 valence electrons. The molecule has 0 aromatic heterocycles. The number of halogens is 1. The van der Waals surface area contributed by atoms with Crippen LogP contribution in [0.15, 0.2) is 23.2 Å². The third-order valence-corrected chi connectivity index (χ3v) is 5.49. The minimum Gasteiger partial charge on any atom is -0.493 e. The first-order valence-electron chi connectivity index (χ1n) is 8.59.